The van der Waals surface area contributed by atoms with Crippen molar-refractivity contribution in [2.24, 2.45) is 35.5 Å². The third-order valence-electron chi connectivity index (χ3n) is 12.7. The molecule has 2 fully saturated rings. The molecule has 0 N–H and O–H groups in total. The Hall–Kier alpha value is -5.29. The fourth-order valence-corrected chi connectivity index (χ4v) is 11.5. The monoisotopic (exact) mass is 628 g/mol. The molecule has 6 aliphatic carbocycles. The predicted octanol–water partition coefficient (Wildman–Crippen LogP) is 7.10. The lowest BCUT2D eigenvalue weighted by molar-refractivity contribution is -0.147. The minimum absolute atomic E-state index is 0.0550. The Balaban J connectivity index is 1.39. The lowest BCUT2D eigenvalue weighted by atomic mass is 9.35. The van der Waals surface area contributed by atoms with Gasteiger partial charge in [-0.1, -0.05) is 121 Å². The maximum Gasteiger partial charge on any atom is 0.334 e. The number of carbonyl (C=O) groups is 3. The minimum atomic E-state index is -0.972. The molecule has 8 atom stereocenters. The zero-order chi connectivity index (χ0) is 32.5. The smallest absolute Gasteiger partial charge is 0.334 e. The summed E-state index contributed by atoms with van der Waals surface area (Å²) in [6, 6.07) is 37.7. The summed E-state index contributed by atoms with van der Waals surface area (Å²) in [5.74, 6) is -1.91. The minimum Gasteiger partial charge on any atom is -0.466 e. The van der Waals surface area contributed by atoms with Crippen molar-refractivity contribution in [3.05, 3.63) is 155 Å². The van der Waals surface area contributed by atoms with E-state index in [1.165, 1.54) is 14.2 Å². The average Bonchev–Trinajstić information content (AvgIpc) is 3.49. The summed E-state index contributed by atoms with van der Waals surface area (Å²) in [5.41, 5.74) is 2.99. The summed E-state index contributed by atoms with van der Waals surface area (Å²) in [5, 5.41) is 4.45. The first-order valence-electron chi connectivity index (χ1n) is 16.7. The standard InChI is InChI=1S/C43H32O5/c1-47-39(44)33-29-21-22-30(34(33)40(45)48-2)32-31(29)37-38(32)43(24-15-7-4-8-16-24)36-28-20-12-10-18-26(28)25-17-9-11-19-27(25)35(36)42(37,41(43)46)23-13-5-3-6-14-23/h3-22,29-32,37-38H,1-2H3/t29-,30+,31-,32-,37-,38-,42+,43+/m1/s1. The molecule has 5 aromatic rings. The van der Waals surface area contributed by atoms with Gasteiger partial charge in [0.1, 0.15) is 0 Å². The van der Waals surface area contributed by atoms with Crippen LogP contribution in [0.2, 0.25) is 0 Å². The Morgan fingerprint density at radius 2 is 0.875 bits per heavy atom. The van der Waals surface area contributed by atoms with E-state index in [4.69, 9.17) is 9.47 Å². The first-order chi connectivity index (χ1) is 23.5. The number of esters is 2. The van der Waals surface area contributed by atoms with E-state index >= 15 is 4.79 Å². The van der Waals surface area contributed by atoms with Gasteiger partial charge >= 0.3 is 11.9 Å². The van der Waals surface area contributed by atoms with Crippen LogP contribution in [0.5, 0.6) is 0 Å². The Labute approximate surface area is 277 Å². The fraction of sp³-hybridized carbons (Fsp3) is 0.233. The van der Waals surface area contributed by atoms with Crippen LogP contribution in [0.3, 0.4) is 0 Å². The highest BCUT2D eigenvalue weighted by molar-refractivity contribution is 6.23. The maximum atomic E-state index is 16.3. The molecule has 0 unspecified atom stereocenters. The van der Waals surface area contributed by atoms with Gasteiger partial charge in [-0.05, 0) is 67.5 Å². The molecule has 2 saturated carbocycles. The van der Waals surface area contributed by atoms with Gasteiger partial charge in [0.15, 0.2) is 5.78 Å². The van der Waals surface area contributed by atoms with Crippen molar-refractivity contribution in [2.75, 3.05) is 14.2 Å². The maximum absolute atomic E-state index is 16.3. The molecule has 0 spiro atoms. The van der Waals surface area contributed by atoms with E-state index < -0.39 is 22.8 Å². The highest BCUT2D eigenvalue weighted by atomic mass is 16.5. The van der Waals surface area contributed by atoms with Gasteiger partial charge in [0.2, 0.25) is 0 Å². The predicted molar refractivity (Wildman–Crippen MR) is 182 cm³/mol. The molecule has 5 heteroatoms. The molecule has 0 amide bonds. The highest BCUT2D eigenvalue weighted by Gasteiger charge is 2.85. The molecular formula is C43H32O5. The lowest BCUT2D eigenvalue weighted by Gasteiger charge is -2.66. The number of ketones is 1. The van der Waals surface area contributed by atoms with Crippen LogP contribution in [-0.4, -0.2) is 31.9 Å². The van der Waals surface area contributed by atoms with Crippen LogP contribution in [-0.2, 0) is 34.7 Å². The summed E-state index contributed by atoms with van der Waals surface area (Å²) in [4.78, 5) is 43.4. The second-order valence-corrected chi connectivity index (χ2v) is 14.0. The van der Waals surface area contributed by atoms with Gasteiger partial charge in [-0.2, -0.15) is 0 Å². The van der Waals surface area contributed by atoms with Gasteiger partial charge < -0.3 is 9.47 Å². The molecule has 4 bridgehead atoms. The first kappa shape index (κ1) is 27.8. The van der Waals surface area contributed by atoms with Crippen LogP contribution in [0.25, 0.3) is 21.5 Å². The number of allylic oxidation sites excluding steroid dienone is 2. The molecule has 234 valence electrons. The average molecular weight is 629 g/mol. The van der Waals surface area contributed by atoms with Crippen molar-refractivity contribution in [3.8, 4) is 0 Å². The molecule has 0 heterocycles. The molecule has 11 rings (SSSR count). The van der Waals surface area contributed by atoms with E-state index in [0.29, 0.717) is 11.1 Å². The van der Waals surface area contributed by atoms with Crippen LogP contribution in [0.1, 0.15) is 22.3 Å². The number of benzene rings is 5. The third-order valence-corrected chi connectivity index (χ3v) is 12.7. The summed E-state index contributed by atoms with van der Waals surface area (Å²) in [7, 11) is 2.73. The topological polar surface area (TPSA) is 69.7 Å². The first-order valence-corrected chi connectivity index (χ1v) is 16.7. The molecule has 0 saturated heterocycles. The molecule has 6 aliphatic rings. The Kier molecular flexibility index (Phi) is 5.45. The van der Waals surface area contributed by atoms with E-state index in [9.17, 15) is 9.59 Å². The summed E-state index contributed by atoms with van der Waals surface area (Å²) >= 11 is 0. The van der Waals surface area contributed by atoms with Gasteiger partial charge in [-0.25, -0.2) is 9.59 Å². The second-order valence-electron chi connectivity index (χ2n) is 14.0. The number of Topliss-reactive ketones (excluding diaryl/α,β-unsaturated/α-hetero) is 1. The van der Waals surface area contributed by atoms with Crippen molar-refractivity contribution >= 4 is 39.3 Å². The van der Waals surface area contributed by atoms with Crippen LogP contribution < -0.4 is 0 Å². The summed E-state index contributed by atoms with van der Waals surface area (Å²) < 4.78 is 10.6. The largest absolute Gasteiger partial charge is 0.466 e. The van der Waals surface area contributed by atoms with E-state index in [2.05, 4.69) is 84.9 Å². The van der Waals surface area contributed by atoms with Gasteiger partial charge in [-0.15, -0.1) is 0 Å². The van der Waals surface area contributed by atoms with Crippen molar-refractivity contribution in [3.63, 3.8) is 0 Å². The second kappa shape index (κ2) is 9.41. The number of ether oxygens (including phenoxy) is 2. The number of rotatable bonds is 4. The van der Waals surface area contributed by atoms with E-state index in [1.54, 1.807) is 0 Å². The van der Waals surface area contributed by atoms with Crippen LogP contribution in [0, 0.1) is 35.5 Å². The molecular weight excluding hydrogens is 596 g/mol. The Morgan fingerprint density at radius 1 is 0.521 bits per heavy atom. The SMILES string of the molecule is COC(=O)C1=C(C(=O)OC)[C@@H]2C=C[C@H]1[C@@H]1[C@@H]2[C@@H]2[C@@H]1[C@@]1(c3ccccc3)C(=O)[C@@]2(c2ccccc2)c2c1c1ccccc1c1ccccc21. The van der Waals surface area contributed by atoms with Crippen molar-refractivity contribution in [1.82, 2.24) is 0 Å². The molecule has 48 heavy (non-hydrogen) atoms. The lowest BCUT2D eigenvalue weighted by Crippen LogP contribution is -2.65. The zero-order valence-corrected chi connectivity index (χ0v) is 26.6. The van der Waals surface area contributed by atoms with Gasteiger partial charge in [0.25, 0.3) is 0 Å². The highest BCUT2D eigenvalue weighted by Crippen LogP contribution is 2.82. The van der Waals surface area contributed by atoms with Crippen molar-refractivity contribution in [1.29, 1.82) is 0 Å². The third kappa shape index (κ3) is 2.86. The van der Waals surface area contributed by atoms with E-state index in [-0.39, 0.29) is 41.3 Å². The molecule has 0 aromatic heterocycles. The van der Waals surface area contributed by atoms with Gasteiger partial charge in [-0.3, -0.25) is 4.79 Å². The van der Waals surface area contributed by atoms with Crippen molar-refractivity contribution in [2.45, 2.75) is 10.8 Å². The van der Waals surface area contributed by atoms with E-state index in [1.807, 2.05) is 36.4 Å². The van der Waals surface area contributed by atoms with Crippen LogP contribution >= 0.6 is 0 Å². The number of hydrogen-bond acceptors (Lipinski definition) is 5. The fourth-order valence-electron chi connectivity index (χ4n) is 11.5. The number of methoxy groups -OCH3 is 2. The number of hydrogen-bond donors (Lipinski definition) is 0. The molecule has 5 nitrogen and oxygen atoms in total. The quantitative estimate of drug-likeness (QED) is 0.121. The Morgan fingerprint density at radius 3 is 1.25 bits per heavy atom. The normalized spacial score (nSPS) is 31.8. The zero-order valence-electron chi connectivity index (χ0n) is 26.6. The van der Waals surface area contributed by atoms with Crippen LogP contribution in [0.4, 0.5) is 0 Å². The van der Waals surface area contributed by atoms with Crippen molar-refractivity contribution < 1.29 is 23.9 Å². The Bertz CT molecular complexity index is 2160. The van der Waals surface area contributed by atoms with E-state index in [0.717, 1.165) is 43.8 Å². The summed E-state index contributed by atoms with van der Waals surface area (Å²) in [6.07, 6.45) is 4.18. The number of fused-ring (bicyclic) bond motifs is 13. The molecule has 5 aromatic carbocycles. The van der Waals surface area contributed by atoms with Gasteiger partial charge in [0, 0.05) is 11.8 Å². The summed E-state index contributed by atoms with van der Waals surface area (Å²) in [6.45, 7) is 0. The van der Waals surface area contributed by atoms with Crippen LogP contribution in [0.15, 0.2) is 132 Å². The molecule has 0 aliphatic heterocycles. The number of carbonyl (C=O) groups excluding carboxylic acids is 3. The molecule has 0 radical (unpaired) electrons. The van der Waals surface area contributed by atoms with Gasteiger partial charge in [0.05, 0.1) is 36.2 Å².